The van der Waals surface area contributed by atoms with Gasteiger partial charge in [0.15, 0.2) is 0 Å². The van der Waals surface area contributed by atoms with Crippen molar-refractivity contribution in [3.05, 3.63) is 11.4 Å². The molecule has 1 unspecified atom stereocenters. The summed E-state index contributed by atoms with van der Waals surface area (Å²) in [6, 6.07) is 0. The normalized spacial score (nSPS) is 27.9. The summed E-state index contributed by atoms with van der Waals surface area (Å²) < 4.78 is 0. The molecule has 0 spiro atoms. The molecule has 0 aromatic heterocycles. The lowest BCUT2D eigenvalue weighted by atomic mass is 10.1. The van der Waals surface area contributed by atoms with E-state index in [1.165, 1.54) is 43.8 Å². The van der Waals surface area contributed by atoms with Crippen molar-refractivity contribution in [1.29, 1.82) is 0 Å². The zero-order valence-corrected chi connectivity index (χ0v) is 7.05. The van der Waals surface area contributed by atoms with Crippen molar-refractivity contribution in [3.63, 3.8) is 0 Å². The maximum atomic E-state index is 2.82. The molecule has 0 aromatic carbocycles. The van der Waals surface area contributed by atoms with Gasteiger partial charge < -0.3 is 0 Å². The Morgan fingerprint density at radius 3 is 2.78 bits per heavy atom. The smallest absolute Gasteiger partial charge is 0.0283 e. The summed E-state index contributed by atoms with van der Waals surface area (Å²) in [5, 5.41) is 1.52. The molecule has 0 aromatic rings. The molecule has 1 atom stereocenters. The molecule has 0 aliphatic heterocycles. The molecule has 0 saturated heterocycles. The second-order valence-electron chi connectivity index (χ2n) is 2.73. The van der Waals surface area contributed by atoms with Crippen LogP contribution in [0.15, 0.2) is 11.4 Å². The first kappa shape index (κ1) is 7.28. The van der Waals surface area contributed by atoms with Gasteiger partial charge in [0.05, 0.1) is 0 Å². The highest BCUT2D eigenvalue weighted by Gasteiger charge is 1.95. The topological polar surface area (TPSA) is 0 Å². The van der Waals surface area contributed by atoms with Crippen LogP contribution in [0, 0.1) is 0 Å². The fourth-order valence-electron chi connectivity index (χ4n) is 1.22. The van der Waals surface area contributed by atoms with E-state index >= 15 is 0 Å². The molecule has 0 N–H and O–H groups in total. The van der Waals surface area contributed by atoms with Gasteiger partial charge in [-0.2, -0.15) is 0 Å². The fraction of sp³-hybridized carbons (Fsp3) is 0.750. The Bertz CT molecular complexity index is 105. The van der Waals surface area contributed by atoms with Crippen molar-refractivity contribution in [3.8, 4) is 0 Å². The van der Waals surface area contributed by atoms with Crippen LogP contribution < -0.4 is 0 Å². The quantitative estimate of drug-likeness (QED) is 0.456. The van der Waals surface area contributed by atoms with E-state index in [1.54, 1.807) is 0 Å². The predicted octanol–water partition coefficient (Wildman–Crippen LogP) is 3.10. The molecule has 0 radical (unpaired) electrons. The molecule has 9 heavy (non-hydrogen) atoms. The maximum Gasteiger partial charge on any atom is -0.0283 e. The van der Waals surface area contributed by atoms with Gasteiger partial charge in [-0.25, -0.2) is 0 Å². The standard InChI is InChI=1S/C8H15P/c9-8-6-4-2-1-3-5-7-8/h6H,1-5,7,9H2/b8-6+. The average molecular weight is 142 g/mol. The lowest BCUT2D eigenvalue weighted by molar-refractivity contribution is 0.635. The Morgan fingerprint density at radius 1 is 1.11 bits per heavy atom. The van der Waals surface area contributed by atoms with Crippen molar-refractivity contribution in [2.75, 3.05) is 0 Å². The Hall–Kier alpha value is 0.170. The van der Waals surface area contributed by atoms with E-state index in [0.717, 1.165) is 0 Å². The molecule has 0 nitrogen and oxygen atoms in total. The molecule has 0 bridgehead atoms. The third kappa shape index (κ3) is 3.01. The van der Waals surface area contributed by atoms with Gasteiger partial charge in [0.1, 0.15) is 0 Å². The Kier molecular flexibility index (Phi) is 3.28. The van der Waals surface area contributed by atoms with E-state index in [-0.39, 0.29) is 0 Å². The molecule has 1 rings (SSSR count). The van der Waals surface area contributed by atoms with Crippen LogP contribution in [-0.2, 0) is 0 Å². The van der Waals surface area contributed by atoms with Gasteiger partial charge in [-0.05, 0) is 25.7 Å². The van der Waals surface area contributed by atoms with Crippen LogP contribution in [-0.4, -0.2) is 0 Å². The van der Waals surface area contributed by atoms with Crippen molar-refractivity contribution >= 4 is 9.24 Å². The number of hydrogen-bond donors (Lipinski definition) is 0. The van der Waals surface area contributed by atoms with Crippen molar-refractivity contribution in [1.82, 2.24) is 0 Å². The summed E-state index contributed by atoms with van der Waals surface area (Å²) in [5.74, 6) is 0. The third-order valence-electron chi connectivity index (χ3n) is 1.83. The van der Waals surface area contributed by atoms with E-state index in [0.29, 0.717) is 0 Å². The van der Waals surface area contributed by atoms with Gasteiger partial charge >= 0.3 is 0 Å². The first-order chi connectivity index (χ1) is 4.39. The van der Waals surface area contributed by atoms with E-state index in [9.17, 15) is 0 Å². The van der Waals surface area contributed by atoms with E-state index in [1.807, 2.05) is 0 Å². The molecule has 1 aliphatic carbocycles. The second kappa shape index (κ2) is 4.06. The van der Waals surface area contributed by atoms with Crippen LogP contribution in [0.2, 0.25) is 0 Å². The zero-order chi connectivity index (χ0) is 6.53. The lowest BCUT2D eigenvalue weighted by Gasteiger charge is -2.05. The highest BCUT2D eigenvalue weighted by molar-refractivity contribution is 7.22. The molecule has 1 aliphatic rings. The van der Waals surface area contributed by atoms with Gasteiger partial charge in [0.25, 0.3) is 0 Å². The highest BCUT2D eigenvalue weighted by atomic mass is 31.0. The summed E-state index contributed by atoms with van der Waals surface area (Å²) in [6.45, 7) is 0. The number of rotatable bonds is 0. The molecular formula is C8H15P. The predicted molar refractivity (Wildman–Crippen MR) is 45.5 cm³/mol. The molecule has 0 heterocycles. The van der Waals surface area contributed by atoms with Crippen LogP contribution in [0.1, 0.15) is 38.5 Å². The van der Waals surface area contributed by atoms with Crippen LogP contribution in [0.25, 0.3) is 0 Å². The van der Waals surface area contributed by atoms with Crippen molar-refractivity contribution < 1.29 is 0 Å². The van der Waals surface area contributed by atoms with Crippen molar-refractivity contribution in [2.45, 2.75) is 38.5 Å². The van der Waals surface area contributed by atoms with E-state index in [2.05, 4.69) is 15.3 Å². The van der Waals surface area contributed by atoms with E-state index in [4.69, 9.17) is 0 Å². The highest BCUT2D eigenvalue weighted by Crippen LogP contribution is 2.20. The monoisotopic (exact) mass is 142 g/mol. The summed E-state index contributed by atoms with van der Waals surface area (Å²) in [7, 11) is 2.82. The molecule has 52 valence electrons. The molecular weight excluding hydrogens is 127 g/mol. The Morgan fingerprint density at radius 2 is 1.89 bits per heavy atom. The van der Waals surface area contributed by atoms with Crippen LogP contribution in [0.5, 0.6) is 0 Å². The summed E-state index contributed by atoms with van der Waals surface area (Å²) >= 11 is 0. The maximum absolute atomic E-state index is 2.82. The van der Waals surface area contributed by atoms with Gasteiger partial charge in [0.2, 0.25) is 0 Å². The number of hydrogen-bond acceptors (Lipinski definition) is 0. The first-order valence-corrected chi connectivity index (χ1v) is 4.42. The van der Waals surface area contributed by atoms with E-state index < -0.39 is 0 Å². The summed E-state index contributed by atoms with van der Waals surface area (Å²) in [5.41, 5.74) is 0. The van der Waals surface area contributed by atoms with Crippen LogP contribution in [0.4, 0.5) is 0 Å². The van der Waals surface area contributed by atoms with Gasteiger partial charge in [-0.3, -0.25) is 0 Å². The zero-order valence-electron chi connectivity index (χ0n) is 5.90. The third-order valence-corrected chi connectivity index (χ3v) is 2.35. The second-order valence-corrected chi connectivity index (χ2v) is 3.47. The Balaban J connectivity index is 2.32. The van der Waals surface area contributed by atoms with Crippen molar-refractivity contribution in [2.24, 2.45) is 0 Å². The molecule has 1 heteroatoms. The minimum atomic E-state index is 1.30. The van der Waals surface area contributed by atoms with Crippen LogP contribution in [0.3, 0.4) is 0 Å². The fourth-order valence-corrected chi connectivity index (χ4v) is 1.59. The lowest BCUT2D eigenvalue weighted by Crippen LogP contribution is -1.83. The molecule has 0 saturated carbocycles. The minimum absolute atomic E-state index is 1.30. The first-order valence-electron chi connectivity index (χ1n) is 3.84. The summed E-state index contributed by atoms with van der Waals surface area (Å²) in [6.07, 6.45) is 10.7. The van der Waals surface area contributed by atoms with Gasteiger partial charge in [0, 0.05) is 0 Å². The molecule has 0 fully saturated rings. The Labute approximate surface area is 59.9 Å². The molecule has 0 amide bonds. The summed E-state index contributed by atoms with van der Waals surface area (Å²) in [4.78, 5) is 0. The number of allylic oxidation sites excluding steroid dienone is 2. The largest absolute Gasteiger partial charge is 0.110 e. The van der Waals surface area contributed by atoms with Gasteiger partial charge in [-0.1, -0.05) is 24.2 Å². The van der Waals surface area contributed by atoms with Crippen LogP contribution >= 0.6 is 9.24 Å². The van der Waals surface area contributed by atoms with Gasteiger partial charge in [-0.15, -0.1) is 9.24 Å². The minimum Gasteiger partial charge on any atom is -0.110 e. The average Bonchev–Trinajstić information content (AvgIpc) is 1.79. The SMILES string of the molecule is P/C1=C/CCCCCC1.